The van der Waals surface area contributed by atoms with Gasteiger partial charge in [0.1, 0.15) is 18.2 Å². The lowest BCUT2D eigenvalue weighted by Gasteiger charge is -2.37. The Bertz CT molecular complexity index is 638. The molecular weight excluding hydrogens is 290 g/mol. The molecule has 3 heterocycles. The number of pyridine rings is 1. The van der Waals surface area contributed by atoms with Crippen LogP contribution in [-0.4, -0.2) is 43.6 Å². The molecule has 6 heteroatoms. The third kappa shape index (κ3) is 3.41. The summed E-state index contributed by atoms with van der Waals surface area (Å²) in [6, 6.07) is 4.07. The molecule has 2 aromatic rings. The van der Waals surface area contributed by atoms with Gasteiger partial charge in [0.25, 0.3) is 0 Å². The number of likely N-dealkylation sites (tertiary alicyclic amines) is 1. The lowest BCUT2D eigenvalue weighted by molar-refractivity contribution is -0.141. The molecular formula is C17H23N5O. The monoisotopic (exact) mass is 313 g/mol. The topological polar surface area (TPSA) is 63.9 Å². The summed E-state index contributed by atoms with van der Waals surface area (Å²) in [5, 5.41) is 4.14. The molecule has 0 saturated carbocycles. The summed E-state index contributed by atoms with van der Waals surface area (Å²) < 4.78 is 1.64. The molecule has 0 unspecified atom stereocenters. The molecule has 1 aliphatic heterocycles. The van der Waals surface area contributed by atoms with E-state index >= 15 is 0 Å². The van der Waals surface area contributed by atoms with E-state index in [-0.39, 0.29) is 5.91 Å². The summed E-state index contributed by atoms with van der Waals surface area (Å²) in [5.41, 5.74) is 0.537. The SMILES string of the molecule is CC(C)(C(=O)N1CCC[C@H](Cc2cccnc2)C1)n1cncn1. The molecule has 0 bridgehead atoms. The summed E-state index contributed by atoms with van der Waals surface area (Å²) >= 11 is 0. The van der Waals surface area contributed by atoms with Crippen LogP contribution in [0.25, 0.3) is 0 Å². The highest BCUT2D eigenvalue weighted by Crippen LogP contribution is 2.25. The second-order valence-electron chi connectivity index (χ2n) is 6.72. The van der Waals surface area contributed by atoms with Crippen molar-refractivity contribution in [2.24, 2.45) is 5.92 Å². The van der Waals surface area contributed by atoms with Gasteiger partial charge in [-0.2, -0.15) is 5.10 Å². The Morgan fingerprint density at radius 2 is 2.26 bits per heavy atom. The summed E-state index contributed by atoms with van der Waals surface area (Å²) in [6.07, 6.45) is 9.96. The summed E-state index contributed by atoms with van der Waals surface area (Å²) in [4.78, 5) is 23.1. The van der Waals surface area contributed by atoms with Crippen molar-refractivity contribution in [3.8, 4) is 0 Å². The molecule has 0 spiro atoms. The third-order valence-corrected chi connectivity index (χ3v) is 4.57. The maximum absolute atomic E-state index is 12.9. The lowest BCUT2D eigenvalue weighted by Crippen LogP contribution is -2.50. The molecule has 0 N–H and O–H groups in total. The fourth-order valence-corrected chi connectivity index (χ4v) is 3.25. The number of hydrogen-bond acceptors (Lipinski definition) is 4. The molecule has 1 aliphatic rings. The van der Waals surface area contributed by atoms with Gasteiger partial charge in [0.15, 0.2) is 0 Å². The maximum Gasteiger partial charge on any atom is 0.250 e. The Hall–Kier alpha value is -2.24. The number of carbonyl (C=O) groups is 1. The van der Waals surface area contributed by atoms with E-state index in [0.29, 0.717) is 5.92 Å². The van der Waals surface area contributed by atoms with E-state index in [4.69, 9.17) is 0 Å². The van der Waals surface area contributed by atoms with Crippen molar-refractivity contribution in [3.63, 3.8) is 0 Å². The average Bonchev–Trinajstić information content (AvgIpc) is 3.11. The highest BCUT2D eigenvalue weighted by atomic mass is 16.2. The smallest absolute Gasteiger partial charge is 0.250 e. The van der Waals surface area contributed by atoms with Crippen LogP contribution >= 0.6 is 0 Å². The minimum Gasteiger partial charge on any atom is -0.340 e. The Morgan fingerprint density at radius 1 is 1.39 bits per heavy atom. The number of hydrogen-bond donors (Lipinski definition) is 0. The predicted octanol–water partition coefficient (Wildman–Crippen LogP) is 1.89. The van der Waals surface area contributed by atoms with Crippen LogP contribution < -0.4 is 0 Å². The van der Waals surface area contributed by atoms with Gasteiger partial charge in [-0.05, 0) is 50.7 Å². The number of carbonyl (C=O) groups excluding carboxylic acids is 1. The normalized spacial score (nSPS) is 18.9. The minimum absolute atomic E-state index is 0.110. The van der Waals surface area contributed by atoms with E-state index in [1.807, 2.05) is 31.0 Å². The van der Waals surface area contributed by atoms with Gasteiger partial charge >= 0.3 is 0 Å². The second kappa shape index (κ2) is 6.48. The van der Waals surface area contributed by atoms with Crippen LogP contribution in [0.4, 0.5) is 0 Å². The molecule has 3 rings (SSSR count). The van der Waals surface area contributed by atoms with E-state index < -0.39 is 5.54 Å². The van der Waals surface area contributed by atoms with Crippen LogP contribution in [0.3, 0.4) is 0 Å². The molecule has 122 valence electrons. The first-order valence-corrected chi connectivity index (χ1v) is 8.11. The molecule has 6 nitrogen and oxygen atoms in total. The van der Waals surface area contributed by atoms with Gasteiger partial charge in [-0.1, -0.05) is 6.07 Å². The number of nitrogens with zero attached hydrogens (tertiary/aromatic N) is 5. The van der Waals surface area contributed by atoms with Crippen LogP contribution in [0.5, 0.6) is 0 Å². The quantitative estimate of drug-likeness (QED) is 0.864. The van der Waals surface area contributed by atoms with Gasteiger partial charge in [-0.25, -0.2) is 9.67 Å². The molecule has 1 atom stereocenters. The second-order valence-corrected chi connectivity index (χ2v) is 6.72. The van der Waals surface area contributed by atoms with Gasteiger partial charge in [0, 0.05) is 25.5 Å². The van der Waals surface area contributed by atoms with Gasteiger partial charge in [-0.3, -0.25) is 9.78 Å². The van der Waals surface area contributed by atoms with Crippen LogP contribution in [0.15, 0.2) is 37.2 Å². The number of amides is 1. The number of piperidine rings is 1. The first-order chi connectivity index (χ1) is 11.1. The third-order valence-electron chi connectivity index (χ3n) is 4.57. The summed E-state index contributed by atoms with van der Waals surface area (Å²) in [7, 11) is 0. The van der Waals surface area contributed by atoms with Crippen molar-refractivity contribution >= 4 is 5.91 Å². The zero-order valence-electron chi connectivity index (χ0n) is 13.7. The van der Waals surface area contributed by atoms with Crippen molar-refractivity contribution in [1.29, 1.82) is 0 Å². The van der Waals surface area contributed by atoms with Crippen LogP contribution in [0, 0.1) is 5.92 Å². The molecule has 0 aromatic carbocycles. The van der Waals surface area contributed by atoms with Gasteiger partial charge in [-0.15, -0.1) is 0 Å². The molecule has 1 amide bonds. The first-order valence-electron chi connectivity index (χ1n) is 8.11. The number of rotatable bonds is 4. The van der Waals surface area contributed by atoms with Crippen molar-refractivity contribution < 1.29 is 4.79 Å². The largest absolute Gasteiger partial charge is 0.340 e. The van der Waals surface area contributed by atoms with E-state index in [0.717, 1.165) is 32.4 Å². The van der Waals surface area contributed by atoms with Crippen molar-refractivity contribution in [2.75, 3.05) is 13.1 Å². The Kier molecular flexibility index (Phi) is 4.41. The number of aromatic nitrogens is 4. The van der Waals surface area contributed by atoms with Gasteiger partial charge in [0.05, 0.1) is 0 Å². The summed E-state index contributed by atoms with van der Waals surface area (Å²) in [5.74, 6) is 0.599. The fraction of sp³-hybridized carbons (Fsp3) is 0.529. The first kappa shape index (κ1) is 15.6. The van der Waals surface area contributed by atoms with Crippen molar-refractivity contribution in [1.82, 2.24) is 24.6 Å². The van der Waals surface area contributed by atoms with Gasteiger partial charge in [0.2, 0.25) is 5.91 Å². The van der Waals surface area contributed by atoms with Crippen LogP contribution in [0.1, 0.15) is 32.3 Å². The van der Waals surface area contributed by atoms with E-state index in [1.165, 1.54) is 11.9 Å². The van der Waals surface area contributed by atoms with Crippen LogP contribution in [0.2, 0.25) is 0 Å². The summed E-state index contributed by atoms with van der Waals surface area (Å²) in [6.45, 7) is 5.41. The highest BCUT2D eigenvalue weighted by molar-refractivity contribution is 5.83. The molecule has 1 saturated heterocycles. The van der Waals surface area contributed by atoms with Crippen molar-refractivity contribution in [2.45, 2.75) is 38.6 Å². The predicted molar refractivity (Wildman–Crippen MR) is 86.6 cm³/mol. The molecule has 0 aliphatic carbocycles. The zero-order chi connectivity index (χ0) is 16.3. The molecule has 0 radical (unpaired) electrons. The van der Waals surface area contributed by atoms with E-state index in [9.17, 15) is 4.79 Å². The molecule has 23 heavy (non-hydrogen) atoms. The maximum atomic E-state index is 12.9. The fourth-order valence-electron chi connectivity index (χ4n) is 3.25. The Balaban J connectivity index is 1.67. The van der Waals surface area contributed by atoms with E-state index in [1.54, 1.807) is 17.2 Å². The highest BCUT2D eigenvalue weighted by Gasteiger charge is 2.36. The standard InChI is InChI=1S/C17H23N5O/c1-17(2,22-13-19-12-20-22)16(23)21-8-4-6-15(11-21)9-14-5-3-7-18-10-14/h3,5,7,10,12-13,15H,4,6,8-9,11H2,1-2H3/t15-/m1/s1. The van der Waals surface area contributed by atoms with Gasteiger partial charge < -0.3 is 4.90 Å². The molecule has 1 fully saturated rings. The minimum atomic E-state index is -0.702. The average molecular weight is 313 g/mol. The van der Waals surface area contributed by atoms with E-state index in [2.05, 4.69) is 21.1 Å². The molecule has 2 aromatic heterocycles. The van der Waals surface area contributed by atoms with Crippen LogP contribution in [-0.2, 0) is 16.8 Å². The van der Waals surface area contributed by atoms with Crippen molar-refractivity contribution in [3.05, 3.63) is 42.7 Å². The Labute approximate surface area is 136 Å². The lowest BCUT2D eigenvalue weighted by atomic mass is 9.90. The Morgan fingerprint density at radius 3 is 2.96 bits per heavy atom. The zero-order valence-corrected chi connectivity index (χ0v) is 13.7.